The molecule has 1 aromatic heterocycles. The van der Waals surface area contributed by atoms with E-state index in [1.807, 2.05) is 6.07 Å². The summed E-state index contributed by atoms with van der Waals surface area (Å²) >= 11 is 0. The molecule has 0 spiro atoms. The van der Waals surface area contributed by atoms with Gasteiger partial charge in [0, 0.05) is 12.2 Å². The Kier molecular flexibility index (Phi) is 5.29. The molecular formula is C7H13Cl2N3. The van der Waals surface area contributed by atoms with Gasteiger partial charge in [-0.05, 0) is 25.5 Å². The molecule has 2 heterocycles. The van der Waals surface area contributed by atoms with Crippen LogP contribution in [0.25, 0.3) is 0 Å². The first kappa shape index (κ1) is 11.8. The van der Waals surface area contributed by atoms with Crippen molar-refractivity contribution in [2.45, 2.75) is 18.9 Å². The standard InChI is InChI=1S/C7H11N3.2ClH/c1-2-6(8-4-1)7-3-5-9-10-7;;/h3,5-6,8H,1-2,4H2,(H,9,10);2*1H. The number of H-pyrrole nitrogens is 1. The zero-order valence-corrected chi connectivity index (χ0v) is 8.25. The number of aromatic nitrogens is 2. The molecule has 0 aliphatic carbocycles. The smallest absolute Gasteiger partial charge is 0.0521 e. The summed E-state index contributed by atoms with van der Waals surface area (Å²) in [5, 5.41) is 10.3. The minimum absolute atomic E-state index is 0. The highest BCUT2D eigenvalue weighted by Gasteiger charge is 2.16. The van der Waals surface area contributed by atoms with Gasteiger partial charge >= 0.3 is 0 Å². The van der Waals surface area contributed by atoms with Crippen LogP contribution in [0.5, 0.6) is 0 Å². The van der Waals surface area contributed by atoms with Crippen molar-refractivity contribution < 1.29 is 0 Å². The second-order valence-electron chi connectivity index (χ2n) is 2.66. The van der Waals surface area contributed by atoms with Gasteiger partial charge in [0.25, 0.3) is 0 Å². The molecule has 70 valence electrons. The maximum absolute atomic E-state index is 3.90. The van der Waals surface area contributed by atoms with Crippen molar-refractivity contribution in [2.24, 2.45) is 0 Å². The number of hydrogen-bond acceptors (Lipinski definition) is 2. The first-order valence-corrected chi connectivity index (χ1v) is 3.69. The summed E-state index contributed by atoms with van der Waals surface area (Å²) in [5.74, 6) is 0. The number of nitrogens with zero attached hydrogens (tertiary/aromatic N) is 1. The third-order valence-corrected chi connectivity index (χ3v) is 1.96. The fourth-order valence-corrected chi connectivity index (χ4v) is 1.41. The molecule has 0 radical (unpaired) electrons. The van der Waals surface area contributed by atoms with Gasteiger partial charge in [-0.2, -0.15) is 5.10 Å². The molecule has 1 aliphatic rings. The summed E-state index contributed by atoms with van der Waals surface area (Å²) in [6.45, 7) is 1.14. The van der Waals surface area contributed by atoms with Crippen LogP contribution in [0.2, 0.25) is 0 Å². The van der Waals surface area contributed by atoms with E-state index in [0.717, 1.165) is 6.54 Å². The van der Waals surface area contributed by atoms with Crippen molar-refractivity contribution in [2.75, 3.05) is 6.54 Å². The van der Waals surface area contributed by atoms with Gasteiger partial charge in [-0.1, -0.05) is 0 Å². The quantitative estimate of drug-likeness (QED) is 0.740. The van der Waals surface area contributed by atoms with Gasteiger partial charge in [-0.25, -0.2) is 0 Å². The molecule has 5 heteroatoms. The molecule has 1 aromatic rings. The zero-order chi connectivity index (χ0) is 6.81. The number of rotatable bonds is 1. The molecule has 2 rings (SSSR count). The van der Waals surface area contributed by atoms with Crippen molar-refractivity contribution >= 4 is 24.8 Å². The van der Waals surface area contributed by atoms with E-state index in [0.29, 0.717) is 6.04 Å². The summed E-state index contributed by atoms with van der Waals surface area (Å²) < 4.78 is 0. The normalized spacial score (nSPS) is 21.2. The van der Waals surface area contributed by atoms with E-state index >= 15 is 0 Å². The Bertz CT molecular complexity index is 194. The number of aromatic amines is 1. The monoisotopic (exact) mass is 209 g/mol. The lowest BCUT2D eigenvalue weighted by molar-refractivity contribution is 0.625. The molecule has 12 heavy (non-hydrogen) atoms. The fourth-order valence-electron chi connectivity index (χ4n) is 1.41. The van der Waals surface area contributed by atoms with Crippen LogP contribution in [-0.2, 0) is 0 Å². The highest BCUT2D eigenvalue weighted by Crippen LogP contribution is 2.19. The van der Waals surface area contributed by atoms with Gasteiger partial charge in [0.2, 0.25) is 0 Å². The first-order chi connectivity index (χ1) is 4.97. The first-order valence-electron chi connectivity index (χ1n) is 3.69. The largest absolute Gasteiger partial charge is 0.309 e. The summed E-state index contributed by atoms with van der Waals surface area (Å²) in [5.41, 5.74) is 1.22. The van der Waals surface area contributed by atoms with Crippen molar-refractivity contribution in [1.29, 1.82) is 0 Å². The fraction of sp³-hybridized carbons (Fsp3) is 0.571. The minimum atomic E-state index is 0. The molecule has 0 saturated carbocycles. The molecule has 1 saturated heterocycles. The van der Waals surface area contributed by atoms with Gasteiger partial charge in [-0.15, -0.1) is 24.8 Å². The summed E-state index contributed by atoms with van der Waals surface area (Å²) in [6.07, 6.45) is 4.32. The lowest BCUT2D eigenvalue weighted by Gasteiger charge is -2.04. The Hall–Kier alpha value is -0.250. The second kappa shape index (κ2) is 5.41. The second-order valence-corrected chi connectivity index (χ2v) is 2.66. The van der Waals surface area contributed by atoms with Crippen LogP contribution in [0.4, 0.5) is 0 Å². The predicted molar refractivity (Wildman–Crippen MR) is 53.1 cm³/mol. The highest BCUT2D eigenvalue weighted by atomic mass is 35.5. The molecule has 0 aromatic carbocycles. The molecule has 0 amide bonds. The van der Waals surface area contributed by atoms with Crippen LogP contribution < -0.4 is 5.32 Å². The Morgan fingerprint density at radius 1 is 1.42 bits per heavy atom. The third-order valence-electron chi connectivity index (χ3n) is 1.96. The van der Waals surface area contributed by atoms with E-state index in [1.165, 1.54) is 18.5 Å². The average molecular weight is 210 g/mol. The van der Waals surface area contributed by atoms with Crippen LogP contribution in [0.3, 0.4) is 0 Å². The van der Waals surface area contributed by atoms with E-state index in [1.54, 1.807) is 6.20 Å². The molecule has 2 N–H and O–H groups in total. The lowest BCUT2D eigenvalue weighted by Crippen LogP contribution is -2.12. The van der Waals surface area contributed by atoms with Crippen molar-refractivity contribution in [3.63, 3.8) is 0 Å². The van der Waals surface area contributed by atoms with E-state index < -0.39 is 0 Å². The van der Waals surface area contributed by atoms with E-state index in [4.69, 9.17) is 0 Å². The topological polar surface area (TPSA) is 40.7 Å². The van der Waals surface area contributed by atoms with Gasteiger partial charge in [0.05, 0.1) is 5.69 Å². The third kappa shape index (κ3) is 2.37. The van der Waals surface area contributed by atoms with Gasteiger partial charge in [0.15, 0.2) is 0 Å². The van der Waals surface area contributed by atoms with Crippen molar-refractivity contribution in [3.8, 4) is 0 Å². The Labute approximate surface area is 84.1 Å². The number of hydrogen-bond donors (Lipinski definition) is 2. The zero-order valence-electron chi connectivity index (χ0n) is 6.62. The molecule has 0 bridgehead atoms. The van der Waals surface area contributed by atoms with Crippen molar-refractivity contribution in [3.05, 3.63) is 18.0 Å². The maximum Gasteiger partial charge on any atom is 0.0521 e. The Morgan fingerprint density at radius 2 is 2.25 bits per heavy atom. The molecule has 1 atom stereocenters. The summed E-state index contributed by atoms with van der Waals surface area (Å²) in [4.78, 5) is 0. The van der Waals surface area contributed by atoms with Crippen LogP contribution >= 0.6 is 24.8 Å². The summed E-state index contributed by atoms with van der Waals surface area (Å²) in [6, 6.07) is 2.56. The number of nitrogens with one attached hydrogen (secondary N) is 2. The average Bonchev–Trinajstić information content (AvgIpc) is 2.59. The van der Waals surface area contributed by atoms with Gasteiger partial charge in [0.1, 0.15) is 0 Å². The van der Waals surface area contributed by atoms with Crippen LogP contribution in [0, 0.1) is 0 Å². The Morgan fingerprint density at radius 3 is 2.75 bits per heavy atom. The van der Waals surface area contributed by atoms with Gasteiger partial charge in [-0.3, -0.25) is 5.10 Å². The van der Waals surface area contributed by atoms with Gasteiger partial charge < -0.3 is 5.32 Å². The van der Waals surface area contributed by atoms with E-state index in [2.05, 4.69) is 15.5 Å². The number of halogens is 2. The van der Waals surface area contributed by atoms with Crippen LogP contribution in [0.15, 0.2) is 12.3 Å². The van der Waals surface area contributed by atoms with Crippen LogP contribution in [0.1, 0.15) is 24.6 Å². The van der Waals surface area contributed by atoms with E-state index in [9.17, 15) is 0 Å². The van der Waals surface area contributed by atoms with Crippen LogP contribution in [-0.4, -0.2) is 16.7 Å². The molecule has 1 aliphatic heterocycles. The highest BCUT2D eigenvalue weighted by molar-refractivity contribution is 5.85. The SMILES string of the molecule is Cl.Cl.c1cc(C2CCCN2)[nH]n1. The predicted octanol–water partition coefficient (Wildman–Crippen LogP) is 1.68. The molecular weight excluding hydrogens is 197 g/mol. The van der Waals surface area contributed by atoms with E-state index in [-0.39, 0.29) is 24.8 Å². The van der Waals surface area contributed by atoms with Crippen molar-refractivity contribution in [1.82, 2.24) is 15.5 Å². The Balaban J connectivity index is 0.000000605. The molecule has 1 unspecified atom stereocenters. The molecule has 1 fully saturated rings. The molecule has 3 nitrogen and oxygen atoms in total. The lowest BCUT2D eigenvalue weighted by atomic mass is 10.2. The minimum Gasteiger partial charge on any atom is -0.309 e. The maximum atomic E-state index is 3.90. The summed E-state index contributed by atoms with van der Waals surface area (Å²) in [7, 11) is 0.